The number of aliphatic hydroxyl groups is 2. The van der Waals surface area contributed by atoms with Crippen LogP contribution < -0.4 is 11.3 Å². The van der Waals surface area contributed by atoms with Crippen molar-refractivity contribution in [2.45, 2.75) is 24.1 Å². The standard InChI is InChI=1S/C13H12ClFN4O4/c14-3-2-13(15)8(21)7(5-20)23-11(13)19-4-1-6-9(19)17-12(16)18-10(6)22/h1,4,7-8,11,20-21H,5H2,(H3,16,17,18,22). The zero-order valence-corrected chi connectivity index (χ0v) is 12.3. The average molecular weight is 343 g/mol. The number of hydrogen-bond donors (Lipinski definition) is 4. The molecule has 0 aromatic carbocycles. The lowest BCUT2D eigenvalue weighted by Crippen LogP contribution is -2.42. The minimum atomic E-state index is -2.60. The van der Waals surface area contributed by atoms with Gasteiger partial charge in [0.15, 0.2) is 11.9 Å². The van der Waals surface area contributed by atoms with Crippen LogP contribution in [-0.4, -0.2) is 49.2 Å². The number of alkyl halides is 1. The molecule has 0 saturated carbocycles. The molecule has 3 heterocycles. The van der Waals surface area contributed by atoms with Crippen LogP contribution in [0.1, 0.15) is 6.23 Å². The summed E-state index contributed by atoms with van der Waals surface area (Å²) >= 11 is 5.29. The minimum Gasteiger partial charge on any atom is -0.394 e. The number of halogens is 2. The molecule has 0 aliphatic carbocycles. The van der Waals surface area contributed by atoms with Gasteiger partial charge in [-0.25, -0.2) is 4.39 Å². The molecule has 1 fully saturated rings. The smallest absolute Gasteiger partial charge is 0.261 e. The lowest BCUT2D eigenvalue weighted by atomic mass is 9.97. The molecule has 1 aliphatic rings. The van der Waals surface area contributed by atoms with Crippen molar-refractivity contribution >= 4 is 28.6 Å². The van der Waals surface area contributed by atoms with Crippen LogP contribution in [0.5, 0.6) is 0 Å². The molecular weight excluding hydrogens is 331 g/mol. The van der Waals surface area contributed by atoms with E-state index < -0.39 is 36.3 Å². The maximum Gasteiger partial charge on any atom is 0.261 e. The molecule has 5 N–H and O–H groups in total. The van der Waals surface area contributed by atoms with Gasteiger partial charge in [0.25, 0.3) is 5.56 Å². The zero-order valence-electron chi connectivity index (χ0n) is 11.5. The Morgan fingerprint density at radius 1 is 1.65 bits per heavy atom. The second-order valence-corrected chi connectivity index (χ2v) is 5.24. The van der Waals surface area contributed by atoms with Crippen LogP contribution in [0.25, 0.3) is 11.0 Å². The van der Waals surface area contributed by atoms with Crippen LogP contribution in [0.2, 0.25) is 0 Å². The maximum atomic E-state index is 15.2. The van der Waals surface area contributed by atoms with Crippen LogP contribution in [0.15, 0.2) is 17.1 Å². The van der Waals surface area contributed by atoms with Crippen molar-refractivity contribution in [3.63, 3.8) is 0 Å². The van der Waals surface area contributed by atoms with Gasteiger partial charge in [-0.05, 0) is 23.6 Å². The first kappa shape index (κ1) is 15.8. The summed E-state index contributed by atoms with van der Waals surface area (Å²) in [4.78, 5) is 18.1. The number of nitrogens with one attached hydrogen (secondary N) is 1. The van der Waals surface area contributed by atoms with Gasteiger partial charge in [0.2, 0.25) is 11.6 Å². The largest absolute Gasteiger partial charge is 0.394 e. The lowest BCUT2D eigenvalue weighted by Gasteiger charge is -2.24. The normalized spacial score (nSPS) is 30.3. The number of anilines is 1. The molecule has 0 spiro atoms. The number of aromatic nitrogens is 3. The van der Waals surface area contributed by atoms with E-state index in [0.29, 0.717) is 0 Å². The van der Waals surface area contributed by atoms with Crippen LogP contribution in [0, 0.1) is 11.3 Å². The van der Waals surface area contributed by atoms with E-state index in [1.165, 1.54) is 16.8 Å². The lowest BCUT2D eigenvalue weighted by molar-refractivity contribution is -0.0501. The Kier molecular flexibility index (Phi) is 3.77. The van der Waals surface area contributed by atoms with Gasteiger partial charge in [0.05, 0.1) is 12.0 Å². The Balaban J connectivity index is 2.20. The zero-order chi connectivity index (χ0) is 16.8. The number of aliphatic hydroxyl groups excluding tert-OH is 2. The van der Waals surface area contributed by atoms with E-state index in [9.17, 15) is 15.0 Å². The fraction of sp³-hybridized carbons (Fsp3) is 0.385. The van der Waals surface area contributed by atoms with Gasteiger partial charge in [0, 0.05) is 11.6 Å². The van der Waals surface area contributed by atoms with E-state index in [1.807, 2.05) is 5.38 Å². The predicted octanol–water partition coefficient (Wildman–Crippen LogP) is -0.535. The number of nitrogens with two attached hydrogens (primary N) is 1. The van der Waals surface area contributed by atoms with E-state index in [4.69, 9.17) is 22.1 Å². The number of nitrogens with zero attached hydrogens (tertiary/aromatic N) is 2. The van der Waals surface area contributed by atoms with Gasteiger partial charge in [-0.1, -0.05) is 0 Å². The second kappa shape index (κ2) is 5.50. The predicted molar refractivity (Wildman–Crippen MR) is 79.2 cm³/mol. The highest BCUT2D eigenvalue weighted by Crippen LogP contribution is 2.42. The van der Waals surface area contributed by atoms with Gasteiger partial charge >= 0.3 is 0 Å². The fourth-order valence-corrected chi connectivity index (χ4v) is 2.77. The van der Waals surface area contributed by atoms with Crippen LogP contribution in [0.3, 0.4) is 0 Å². The van der Waals surface area contributed by atoms with Gasteiger partial charge in [0.1, 0.15) is 12.2 Å². The van der Waals surface area contributed by atoms with E-state index >= 15 is 4.39 Å². The van der Waals surface area contributed by atoms with Crippen LogP contribution in [-0.2, 0) is 4.74 Å². The summed E-state index contributed by atoms with van der Waals surface area (Å²) in [6.07, 6.45) is -3.06. The van der Waals surface area contributed by atoms with Crippen molar-refractivity contribution in [3.05, 3.63) is 22.6 Å². The summed E-state index contributed by atoms with van der Waals surface area (Å²) in [5.74, 6) is 1.90. The molecular formula is C13H12ClFN4O4. The molecule has 4 atom stereocenters. The quantitative estimate of drug-likeness (QED) is 0.543. The monoisotopic (exact) mass is 342 g/mol. The molecule has 122 valence electrons. The number of H-pyrrole nitrogens is 1. The molecule has 2 aromatic heterocycles. The topological polar surface area (TPSA) is 126 Å². The Morgan fingerprint density at radius 2 is 2.39 bits per heavy atom. The van der Waals surface area contributed by atoms with E-state index in [2.05, 4.69) is 15.9 Å². The van der Waals surface area contributed by atoms with Crippen LogP contribution in [0.4, 0.5) is 10.3 Å². The van der Waals surface area contributed by atoms with Crippen molar-refractivity contribution in [1.29, 1.82) is 0 Å². The molecule has 0 amide bonds. The number of hydrogen-bond acceptors (Lipinski definition) is 6. The van der Waals surface area contributed by atoms with Gasteiger partial charge in [-0.2, -0.15) is 4.98 Å². The fourth-order valence-electron chi connectivity index (χ4n) is 2.62. The van der Waals surface area contributed by atoms with Gasteiger partial charge in [-0.15, -0.1) is 0 Å². The van der Waals surface area contributed by atoms with Crippen LogP contribution >= 0.6 is 11.6 Å². The number of rotatable bonds is 2. The molecule has 8 nitrogen and oxygen atoms in total. The van der Waals surface area contributed by atoms with Crippen molar-refractivity contribution in [1.82, 2.24) is 14.5 Å². The first-order chi connectivity index (χ1) is 10.9. The third-order valence-corrected chi connectivity index (χ3v) is 3.81. The summed E-state index contributed by atoms with van der Waals surface area (Å²) < 4.78 is 21.7. The molecule has 1 aliphatic heterocycles. The van der Waals surface area contributed by atoms with Gasteiger partial charge in [-0.3, -0.25) is 9.78 Å². The Hall–Kier alpha value is -2.12. The summed E-state index contributed by atoms with van der Waals surface area (Å²) in [6.45, 7) is -0.622. The third kappa shape index (κ3) is 2.27. The molecule has 1 saturated heterocycles. The Labute approximate surface area is 133 Å². The first-order valence-corrected chi connectivity index (χ1v) is 6.92. The summed E-state index contributed by atoms with van der Waals surface area (Å²) in [6, 6.07) is 1.40. The average Bonchev–Trinajstić information content (AvgIpc) is 3.01. The van der Waals surface area contributed by atoms with Crippen molar-refractivity contribution in [3.8, 4) is 11.3 Å². The molecule has 23 heavy (non-hydrogen) atoms. The summed E-state index contributed by atoms with van der Waals surface area (Å²) in [5, 5.41) is 21.3. The molecule has 3 rings (SSSR count). The molecule has 2 aromatic rings. The Morgan fingerprint density at radius 3 is 3.04 bits per heavy atom. The van der Waals surface area contributed by atoms with E-state index in [0.717, 1.165) is 0 Å². The third-order valence-electron chi connectivity index (χ3n) is 3.72. The minimum absolute atomic E-state index is 0.0560. The number of aromatic amines is 1. The molecule has 0 bridgehead atoms. The number of ether oxygens (including phenoxy) is 1. The first-order valence-electron chi connectivity index (χ1n) is 6.54. The number of nitrogen functional groups attached to an aromatic ring is 1. The van der Waals surface area contributed by atoms with Gasteiger partial charge < -0.3 is 25.3 Å². The molecule has 4 unspecified atom stereocenters. The molecule has 0 radical (unpaired) electrons. The highest BCUT2D eigenvalue weighted by atomic mass is 35.5. The SMILES string of the molecule is Nc1nc2c(ccn2C2OC(CO)C(O)C2(F)C#CCl)c(=O)[nH]1. The maximum absolute atomic E-state index is 15.2. The summed E-state index contributed by atoms with van der Waals surface area (Å²) in [5.41, 5.74) is 2.46. The number of fused-ring (bicyclic) bond motifs is 1. The van der Waals surface area contributed by atoms with Crippen molar-refractivity contribution in [2.24, 2.45) is 0 Å². The summed E-state index contributed by atoms with van der Waals surface area (Å²) in [7, 11) is 0. The van der Waals surface area contributed by atoms with E-state index in [1.54, 1.807) is 0 Å². The van der Waals surface area contributed by atoms with Crippen molar-refractivity contribution < 1.29 is 19.3 Å². The highest BCUT2D eigenvalue weighted by molar-refractivity contribution is 6.30. The highest BCUT2D eigenvalue weighted by Gasteiger charge is 2.57. The second-order valence-electron chi connectivity index (χ2n) is 5.05. The Bertz CT molecular complexity index is 872. The van der Waals surface area contributed by atoms with Crippen molar-refractivity contribution in [2.75, 3.05) is 12.3 Å². The van der Waals surface area contributed by atoms with E-state index in [-0.39, 0.29) is 17.0 Å². The molecule has 10 heteroatoms.